The maximum atomic E-state index is 12.1. The number of nitrogens with zero attached hydrogens (tertiary/aromatic N) is 2. The molecule has 1 aliphatic rings. The van der Waals surface area contributed by atoms with Crippen LogP contribution in [0.25, 0.3) is 0 Å². The molecule has 0 saturated heterocycles. The zero-order valence-corrected chi connectivity index (χ0v) is 12.4. The summed E-state index contributed by atoms with van der Waals surface area (Å²) < 4.78 is 16.1. The summed E-state index contributed by atoms with van der Waals surface area (Å²) in [4.78, 5) is 4.10. The number of fused-ring (bicyclic) bond motifs is 1. The van der Waals surface area contributed by atoms with Crippen LogP contribution in [0, 0.1) is 0 Å². The molecule has 0 amide bonds. The normalized spacial score (nSPS) is 19.7. The molecule has 3 nitrogen and oxygen atoms in total. The molecule has 0 fully saturated rings. The van der Waals surface area contributed by atoms with Crippen molar-refractivity contribution in [2.45, 2.75) is 44.8 Å². The van der Waals surface area contributed by atoms with Crippen LogP contribution in [-0.2, 0) is 17.8 Å². The van der Waals surface area contributed by atoms with Gasteiger partial charge in [0, 0.05) is 11.8 Å². The van der Waals surface area contributed by atoms with Gasteiger partial charge in [-0.25, -0.2) is 4.98 Å². The molecule has 0 aromatic carbocycles. The van der Waals surface area contributed by atoms with Gasteiger partial charge in [0.25, 0.3) is 0 Å². The van der Waals surface area contributed by atoms with Crippen LogP contribution in [-0.4, -0.2) is 20.0 Å². The van der Waals surface area contributed by atoms with Crippen LogP contribution in [0.5, 0.6) is 0 Å². The zero-order chi connectivity index (χ0) is 13.3. The average Bonchev–Trinajstić information content (AvgIpc) is 2.27. The van der Waals surface area contributed by atoms with Gasteiger partial charge in [-0.1, -0.05) is 16.0 Å². The Kier molecular flexibility index (Phi) is 3.99. The first-order chi connectivity index (χ1) is 8.38. The maximum Gasteiger partial charge on any atom is 0.144 e. The molecule has 18 heavy (non-hydrogen) atoms. The van der Waals surface area contributed by atoms with E-state index in [1.165, 1.54) is 0 Å². The first-order valence-electron chi connectivity index (χ1n) is 6.02. The largest absolute Gasteiger partial charge is 0.591 e. The molecule has 0 N–H and O–H groups in total. The van der Waals surface area contributed by atoms with Gasteiger partial charge in [0.2, 0.25) is 0 Å². The lowest BCUT2D eigenvalue weighted by Crippen LogP contribution is -2.27. The van der Waals surface area contributed by atoms with Crippen LogP contribution in [0.4, 0.5) is 0 Å². The van der Waals surface area contributed by atoms with Crippen LogP contribution in [0.1, 0.15) is 44.7 Å². The second kappa shape index (κ2) is 5.19. The van der Waals surface area contributed by atoms with Gasteiger partial charge in [0.15, 0.2) is 0 Å². The van der Waals surface area contributed by atoms with Gasteiger partial charge < -0.3 is 4.55 Å². The molecule has 0 saturated carbocycles. The number of rotatable bonds is 1. The number of halogens is 1. The van der Waals surface area contributed by atoms with E-state index < -0.39 is 11.4 Å². The van der Waals surface area contributed by atoms with Crippen molar-refractivity contribution in [3.05, 3.63) is 28.5 Å². The highest BCUT2D eigenvalue weighted by molar-refractivity contribution is 7.91. The minimum Gasteiger partial charge on any atom is -0.591 e. The van der Waals surface area contributed by atoms with Crippen molar-refractivity contribution in [2.24, 2.45) is 4.40 Å². The van der Waals surface area contributed by atoms with Gasteiger partial charge in [-0.05, 0) is 51.7 Å². The van der Waals surface area contributed by atoms with Crippen molar-refractivity contribution in [1.29, 1.82) is 0 Å². The third kappa shape index (κ3) is 3.05. The van der Waals surface area contributed by atoms with E-state index in [1.807, 2.05) is 26.8 Å². The standard InChI is InChI=1S/C13H17ClN2OS/c1-13(2,3)18(17)16-11-6-4-5-9-7-12(14)15-8-10(9)11/h7-8H,4-6H2,1-3H3/b16-11+/t18-/m0/s1. The van der Waals surface area contributed by atoms with Crippen molar-refractivity contribution in [2.75, 3.05) is 0 Å². The molecule has 0 radical (unpaired) electrons. The Labute approximate surface area is 116 Å². The van der Waals surface area contributed by atoms with E-state index in [1.54, 1.807) is 6.20 Å². The fourth-order valence-corrected chi connectivity index (χ4v) is 2.69. The summed E-state index contributed by atoms with van der Waals surface area (Å²) in [5.41, 5.74) is 3.06. The van der Waals surface area contributed by atoms with E-state index in [9.17, 15) is 4.55 Å². The van der Waals surface area contributed by atoms with E-state index in [2.05, 4.69) is 9.38 Å². The molecule has 1 aliphatic carbocycles. The van der Waals surface area contributed by atoms with Crippen LogP contribution < -0.4 is 0 Å². The number of aryl methyl sites for hydroxylation is 1. The van der Waals surface area contributed by atoms with Gasteiger partial charge in [-0.2, -0.15) is 0 Å². The quantitative estimate of drug-likeness (QED) is 0.587. The van der Waals surface area contributed by atoms with Crippen LogP contribution >= 0.6 is 11.6 Å². The highest BCUT2D eigenvalue weighted by atomic mass is 35.5. The number of aromatic nitrogens is 1. The fourth-order valence-electron chi connectivity index (χ4n) is 1.85. The van der Waals surface area contributed by atoms with E-state index in [0.717, 1.165) is 36.1 Å². The Morgan fingerprint density at radius 3 is 2.78 bits per heavy atom. The Hall–Kier alpha value is -0.580. The smallest absolute Gasteiger partial charge is 0.144 e. The highest BCUT2D eigenvalue weighted by Gasteiger charge is 2.28. The van der Waals surface area contributed by atoms with Gasteiger partial charge >= 0.3 is 0 Å². The molecule has 5 heteroatoms. The SMILES string of the molecule is CC(C)(C)[S@+]([O-])/N=C1\CCCc2cc(Cl)ncc21. The first-order valence-corrected chi connectivity index (χ1v) is 7.51. The molecule has 0 bridgehead atoms. The molecule has 1 aromatic heterocycles. The minimum absolute atomic E-state index is 0.329. The Balaban J connectivity index is 2.36. The molecule has 1 aromatic rings. The van der Waals surface area contributed by atoms with Crippen LogP contribution in [0.15, 0.2) is 16.7 Å². The summed E-state index contributed by atoms with van der Waals surface area (Å²) in [6, 6.07) is 1.88. The van der Waals surface area contributed by atoms with Gasteiger partial charge in [0.1, 0.15) is 27.0 Å². The second-order valence-electron chi connectivity index (χ2n) is 5.42. The molecule has 0 spiro atoms. The Bertz CT molecular complexity index is 482. The summed E-state index contributed by atoms with van der Waals surface area (Å²) in [6.45, 7) is 5.78. The van der Waals surface area contributed by atoms with Gasteiger partial charge in [0.05, 0.1) is 0 Å². The third-order valence-corrected chi connectivity index (χ3v) is 4.48. The second-order valence-corrected chi connectivity index (χ2v) is 7.71. The average molecular weight is 285 g/mol. The number of pyridine rings is 1. The van der Waals surface area contributed by atoms with E-state index in [0.29, 0.717) is 5.15 Å². The summed E-state index contributed by atoms with van der Waals surface area (Å²) >= 11 is 4.67. The predicted molar refractivity (Wildman–Crippen MR) is 76.6 cm³/mol. The van der Waals surface area contributed by atoms with E-state index >= 15 is 0 Å². The van der Waals surface area contributed by atoms with Crippen LogP contribution in [0.2, 0.25) is 5.15 Å². The molecule has 98 valence electrons. The van der Waals surface area contributed by atoms with Crippen molar-refractivity contribution in [3.8, 4) is 0 Å². The molecule has 1 atom stereocenters. The summed E-state index contributed by atoms with van der Waals surface area (Å²) in [6.07, 6.45) is 4.61. The lowest BCUT2D eigenvalue weighted by Gasteiger charge is -2.22. The predicted octanol–water partition coefficient (Wildman–Crippen LogP) is 3.32. The molecule has 0 aliphatic heterocycles. The van der Waals surface area contributed by atoms with Crippen molar-refractivity contribution in [1.82, 2.24) is 4.98 Å². The van der Waals surface area contributed by atoms with E-state index in [-0.39, 0.29) is 4.75 Å². The molecule has 1 heterocycles. The maximum absolute atomic E-state index is 12.1. The molecule has 2 rings (SSSR count). The Morgan fingerprint density at radius 2 is 2.11 bits per heavy atom. The van der Waals surface area contributed by atoms with Crippen molar-refractivity contribution < 1.29 is 4.55 Å². The number of hydrogen-bond acceptors (Lipinski definition) is 3. The summed E-state index contributed by atoms with van der Waals surface area (Å²) in [7, 11) is 0. The third-order valence-electron chi connectivity index (χ3n) is 2.84. The summed E-state index contributed by atoms with van der Waals surface area (Å²) in [5, 5.41) is 0.506. The fraction of sp³-hybridized carbons (Fsp3) is 0.538. The Morgan fingerprint density at radius 1 is 1.39 bits per heavy atom. The minimum atomic E-state index is -1.22. The van der Waals surface area contributed by atoms with Crippen molar-refractivity contribution in [3.63, 3.8) is 0 Å². The zero-order valence-electron chi connectivity index (χ0n) is 10.9. The lowest BCUT2D eigenvalue weighted by atomic mass is 9.92. The van der Waals surface area contributed by atoms with Crippen molar-refractivity contribution >= 4 is 28.7 Å². The van der Waals surface area contributed by atoms with Gasteiger partial charge in [-0.15, -0.1) is 0 Å². The molecule has 0 unspecified atom stereocenters. The summed E-state index contributed by atoms with van der Waals surface area (Å²) in [5.74, 6) is 0. The monoisotopic (exact) mass is 284 g/mol. The first kappa shape index (κ1) is 13.8. The van der Waals surface area contributed by atoms with Crippen LogP contribution in [0.3, 0.4) is 0 Å². The lowest BCUT2D eigenvalue weighted by molar-refractivity contribution is 0.561. The van der Waals surface area contributed by atoms with E-state index in [4.69, 9.17) is 11.6 Å². The highest BCUT2D eigenvalue weighted by Crippen LogP contribution is 2.26. The topological polar surface area (TPSA) is 48.3 Å². The number of hydrogen-bond donors (Lipinski definition) is 0. The van der Waals surface area contributed by atoms with Gasteiger partial charge in [-0.3, -0.25) is 0 Å². The molecular formula is C13H17ClN2OS. The molecular weight excluding hydrogens is 268 g/mol.